The molecule has 1 unspecified atom stereocenters. The average Bonchev–Trinajstić information content (AvgIpc) is 3.01. The number of nitrogens with zero attached hydrogens (tertiary/aromatic N) is 1. The molecule has 2 aliphatic heterocycles. The summed E-state index contributed by atoms with van der Waals surface area (Å²) in [7, 11) is -3.37. The third-order valence-corrected chi connectivity index (χ3v) is 6.30. The zero-order chi connectivity index (χ0) is 13.5. The molecular weight excluding hydrogens is 284 g/mol. The normalized spacial score (nSPS) is 28.3. The second kappa shape index (κ2) is 4.74. The van der Waals surface area contributed by atoms with Gasteiger partial charge >= 0.3 is 0 Å². The second-order valence-electron chi connectivity index (χ2n) is 5.47. The van der Waals surface area contributed by atoms with E-state index in [9.17, 15) is 8.42 Å². The number of benzene rings is 1. The third-order valence-electron chi connectivity index (χ3n) is 4.19. The van der Waals surface area contributed by atoms with Crippen LogP contribution in [-0.4, -0.2) is 38.9 Å². The number of hydrogen-bond acceptors (Lipinski definition) is 3. The van der Waals surface area contributed by atoms with Crippen molar-refractivity contribution in [3.8, 4) is 0 Å². The molecule has 0 aromatic heterocycles. The fourth-order valence-electron chi connectivity index (χ4n) is 3.00. The molecule has 2 heterocycles. The van der Waals surface area contributed by atoms with Crippen molar-refractivity contribution in [2.75, 3.05) is 26.2 Å². The van der Waals surface area contributed by atoms with Crippen LogP contribution in [0.5, 0.6) is 0 Å². The van der Waals surface area contributed by atoms with Crippen LogP contribution in [0.15, 0.2) is 29.2 Å². The number of nitrogens with one attached hydrogen (secondary N) is 1. The van der Waals surface area contributed by atoms with E-state index in [0.29, 0.717) is 23.0 Å². The molecule has 2 aliphatic rings. The van der Waals surface area contributed by atoms with E-state index in [1.54, 1.807) is 28.6 Å². The molecule has 1 aromatic rings. The lowest BCUT2D eigenvalue weighted by Gasteiger charge is -2.22. The SMILES string of the molecule is O=S(=O)(c1ccc(Cl)cc1)N1CCC2(CCNC2)C1. The maximum atomic E-state index is 12.5. The van der Waals surface area contributed by atoms with E-state index in [4.69, 9.17) is 11.6 Å². The molecule has 0 aliphatic carbocycles. The molecule has 1 atom stereocenters. The van der Waals surface area contributed by atoms with Gasteiger partial charge in [-0.15, -0.1) is 0 Å². The number of rotatable bonds is 2. The summed E-state index contributed by atoms with van der Waals surface area (Å²) in [4.78, 5) is 0.333. The summed E-state index contributed by atoms with van der Waals surface area (Å²) in [6.07, 6.45) is 2.02. The van der Waals surface area contributed by atoms with Crippen LogP contribution >= 0.6 is 11.6 Å². The standard InChI is InChI=1S/C13H17ClN2O2S/c14-11-1-3-12(4-2-11)19(17,18)16-8-6-13(10-16)5-7-15-9-13/h1-4,15H,5-10H2. The highest BCUT2D eigenvalue weighted by Gasteiger charge is 2.44. The van der Waals surface area contributed by atoms with Crippen LogP contribution in [0.4, 0.5) is 0 Å². The zero-order valence-corrected chi connectivity index (χ0v) is 12.2. The Morgan fingerprint density at radius 2 is 1.95 bits per heavy atom. The summed E-state index contributed by atoms with van der Waals surface area (Å²) >= 11 is 5.80. The summed E-state index contributed by atoms with van der Waals surface area (Å²) in [5.41, 5.74) is 0.152. The lowest BCUT2D eigenvalue weighted by molar-refractivity contribution is 0.338. The maximum absolute atomic E-state index is 12.5. The lowest BCUT2D eigenvalue weighted by atomic mass is 9.87. The van der Waals surface area contributed by atoms with E-state index in [0.717, 1.165) is 25.9 Å². The Kier molecular flexibility index (Phi) is 3.33. The quantitative estimate of drug-likeness (QED) is 0.905. The molecule has 1 spiro atoms. The minimum absolute atomic E-state index is 0.152. The zero-order valence-electron chi connectivity index (χ0n) is 10.6. The van der Waals surface area contributed by atoms with Crippen molar-refractivity contribution in [2.45, 2.75) is 17.7 Å². The topological polar surface area (TPSA) is 49.4 Å². The van der Waals surface area contributed by atoms with Gasteiger partial charge in [-0.3, -0.25) is 0 Å². The summed E-state index contributed by atoms with van der Waals surface area (Å²) < 4.78 is 26.7. The van der Waals surface area contributed by atoms with E-state index in [1.165, 1.54) is 0 Å². The van der Waals surface area contributed by atoms with Crippen LogP contribution in [0.3, 0.4) is 0 Å². The Bertz CT molecular complexity index is 565. The van der Waals surface area contributed by atoms with Gasteiger partial charge in [-0.2, -0.15) is 4.31 Å². The average molecular weight is 301 g/mol. The van der Waals surface area contributed by atoms with Crippen molar-refractivity contribution in [3.05, 3.63) is 29.3 Å². The molecule has 1 aromatic carbocycles. The van der Waals surface area contributed by atoms with Gasteiger partial charge in [0.1, 0.15) is 0 Å². The first kappa shape index (κ1) is 13.4. The van der Waals surface area contributed by atoms with E-state index < -0.39 is 10.0 Å². The predicted octanol–water partition coefficient (Wildman–Crippen LogP) is 1.71. The largest absolute Gasteiger partial charge is 0.316 e. The molecule has 1 N–H and O–H groups in total. The van der Waals surface area contributed by atoms with Crippen molar-refractivity contribution < 1.29 is 8.42 Å². The predicted molar refractivity (Wildman–Crippen MR) is 74.7 cm³/mol. The van der Waals surface area contributed by atoms with Gasteiger partial charge < -0.3 is 5.32 Å². The van der Waals surface area contributed by atoms with Crippen molar-refractivity contribution in [1.82, 2.24) is 9.62 Å². The minimum Gasteiger partial charge on any atom is -0.316 e. The lowest BCUT2D eigenvalue weighted by Crippen LogP contribution is -2.33. The first-order chi connectivity index (χ1) is 9.02. The summed E-state index contributed by atoms with van der Waals surface area (Å²) in [6.45, 7) is 3.17. The molecular formula is C13H17ClN2O2S. The number of hydrogen-bond donors (Lipinski definition) is 1. The van der Waals surface area contributed by atoms with Gasteiger partial charge in [0.2, 0.25) is 10.0 Å². The summed E-state index contributed by atoms with van der Waals surface area (Å²) in [6, 6.07) is 6.40. The molecule has 19 heavy (non-hydrogen) atoms. The van der Waals surface area contributed by atoms with Crippen molar-refractivity contribution >= 4 is 21.6 Å². The fraction of sp³-hybridized carbons (Fsp3) is 0.538. The minimum atomic E-state index is -3.37. The van der Waals surface area contributed by atoms with Gasteiger partial charge in [0.05, 0.1) is 4.90 Å². The second-order valence-corrected chi connectivity index (χ2v) is 7.84. The van der Waals surface area contributed by atoms with Crippen LogP contribution in [-0.2, 0) is 10.0 Å². The van der Waals surface area contributed by atoms with Gasteiger partial charge in [-0.05, 0) is 49.1 Å². The van der Waals surface area contributed by atoms with Crippen LogP contribution < -0.4 is 5.32 Å². The first-order valence-electron chi connectivity index (χ1n) is 6.48. The molecule has 4 nitrogen and oxygen atoms in total. The van der Waals surface area contributed by atoms with Crippen molar-refractivity contribution in [3.63, 3.8) is 0 Å². The molecule has 6 heteroatoms. The monoisotopic (exact) mass is 300 g/mol. The Labute approximate surface area is 118 Å². The Morgan fingerprint density at radius 1 is 1.21 bits per heavy atom. The Hall–Kier alpha value is -0.620. The molecule has 3 rings (SSSR count). The van der Waals surface area contributed by atoms with Gasteiger partial charge in [0.15, 0.2) is 0 Å². The highest BCUT2D eigenvalue weighted by molar-refractivity contribution is 7.89. The maximum Gasteiger partial charge on any atom is 0.243 e. The molecule has 0 amide bonds. The van der Waals surface area contributed by atoms with Gasteiger partial charge in [0, 0.05) is 24.7 Å². The molecule has 2 fully saturated rings. The molecule has 0 bridgehead atoms. The van der Waals surface area contributed by atoms with Gasteiger partial charge in [-0.1, -0.05) is 11.6 Å². The van der Waals surface area contributed by atoms with Crippen LogP contribution in [0.25, 0.3) is 0 Å². The summed E-state index contributed by atoms with van der Waals surface area (Å²) in [5.74, 6) is 0. The summed E-state index contributed by atoms with van der Waals surface area (Å²) in [5, 5.41) is 3.89. The van der Waals surface area contributed by atoms with Gasteiger partial charge in [0.25, 0.3) is 0 Å². The van der Waals surface area contributed by atoms with Crippen molar-refractivity contribution in [1.29, 1.82) is 0 Å². The number of halogens is 1. The van der Waals surface area contributed by atoms with E-state index >= 15 is 0 Å². The highest BCUT2D eigenvalue weighted by Crippen LogP contribution is 2.38. The molecule has 104 valence electrons. The highest BCUT2D eigenvalue weighted by atomic mass is 35.5. The molecule has 0 saturated carbocycles. The van der Waals surface area contributed by atoms with E-state index in [1.807, 2.05) is 0 Å². The Morgan fingerprint density at radius 3 is 2.58 bits per heavy atom. The Balaban J connectivity index is 1.84. The first-order valence-corrected chi connectivity index (χ1v) is 8.30. The van der Waals surface area contributed by atoms with Crippen molar-refractivity contribution in [2.24, 2.45) is 5.41 Å². The van der Waals surface area contributed by atoms with Crippen LogP contribution in [0.2, 0.25) is 5.02 Å². The fourth-order valence-corrected chi connectivity index (χ4v) is 4.68. The van der Waals surface area contributed by atoms with Gasteiger partial charge in [-0.25, -0.2) is 8.42 Å². The molecule has 2 saturated heterocycles. The van der Waals surface area contributed by atoms with Crippen LogP contribution in [0, 0.1) is 5.41 Å². The number of sulfonamides is 1. The van der Waals surface area contributed by atoms with E-state index in [-0.39, 0.29) is 5.41 Å². The smallest absolute Gasteiger partial charge is 0.243 e. The van der Waals surface area contributed by atoms with E-state index in [2.05, 4.69) is 5.32 Å². The molecule has 0 radical (unpaired) electrons. The van der Waals surface area contributed by atoms with Crippen LogP contribution in [0.1, 0.15) is 12.8 Å². The third kappa shape index (κ3) is 2.40.